The van der Waals surface area contributed by atoms with E-state index >= 15 is 0 Å². The van der Waals surface area contributed by atoms with Gasteiger partial charge < -0.3 is 45.1 Å². The molecule has 3 heterocycles. The number of anilines is 2. The van der Waals surface area contributed by atoms with Gasteiger partial charge in [0.15, 0.2) is 23.0 Å². The van der Waals surface area contributed by atoms with Gasteiger partial charge in [0, 0.05) is 13.1 Å². The number of aromatic nitrogens is 4. The maximum Gasteiger partial charge on any atom is 0.226 e. The van der Waals surface area contributed by atoms with Gasteiger partial charge in [-0.25, -0.2) is 4.98 Å². The fourth-order valence-electron chi connectivity index (χ4n) is 3.74. The second-order valence-corrected chi connectivity index (χ2v) is 7.62. The Morgan fingerprint density at radius 2 is 1.85 bits per heavy atom. The highest BCUT2D eigenvalue weighted by Crippen LogP contribution is 2.28. The minimum atomic E-state index is -1.15. The Hall–Kier alpha value is -3.19. The lowest BCUT2D eigenvalue weighted by atomic mass is 10.1. The van der Waals surface area contributed by atoms with Crippen LogP contribution in [-0.4, -0.2) is 93.6 Å². The highest BCUT2D eigenvalue weighted by Gasteiger charge is 2.42. The van der Waals surface area contributed by atoms with Gasteiger partial charge in [0.05, 0.1) is 27.2 Å². The molecule has 4 atom stereocenters. The number of hydrogen-bond acceptors (Lipinski definition) is 11. The highest BCUT2D eigenvalue weighted by atomic mass is 16.6. The fraction of sp³-hybridized carbons (Fsp3) is 0.476. The number of aliphatic hydroxyl groups is 3. The van der Waals surface area contributed by atoms with E-state index in [4.69, 9.17) is 14.2 Å². The van der Waals surface area contributed by atoms with Crippen molar-refractivity contribution >= 4 is 22.9 Å². The van der Waals surface area contributed by atoms with Crippen molar-refractivity contribution in [2.45, 2.75) is 30.8 Å². The number of aliphatic hydroxyl groups excluding tert-OH is 3. The zero-order valence-electron chi connectivity index (χ0n) is 18.4. The molecule has 0 amide bonds. The Morgan fingerprint density at radius 3 is 2.58 bits per heavy atom. The molecule has 0 spiro atoms. The van der Waals surface area contributed by atoms with Gasteiger partial charge in [-0.2, -0.15) is 9.97 Å². The van der Waals surface area contributed by atoms with Crippen LogP contribution in [0.25, 0.3) is 11.2 Å². The summed E-state index contributed by atoms with van der Waals surface area (Å²) in [5, 5.41) is 35.6. The zero-order chi connectivity index (χ0) is 23.4. The van der Waals surface area contributed by atoms with Crippen molar-refractivity contribution in [1.82, 2.24) is 19.9 Å². The van der Waals surface area contributed by atoms with Crippen molar-refractivity contribution in [3.63, 3.8) is 0 Å². The molecule has 0 unspecified atom stereocenters. The van der Waals surface area contributed by atoms with Crippen molar-refractivity contribution in [1.29, 1.82) is 0 Å². The van der Waals surface area contributed by atoms with E-state index in [1.807, 2.05) is 18.2 Å². The maximum absolute atomic E-state index is 10.1. The standard InChI is InChI=1S/C21H28N6O6/c1-31-12-4-3-11(7-13(12)32-2)5-6-22-19-16-20(25-10-24-16)27-21(26-19)23-8-14-17(29)18(30)15(9-28)33-14/h3-4,7,10,14-15,17-18,28-30H,5-6,8-9H2,1-2H3,(H3,22,23,24,25,26,27)/t14-,15+,17+,18+/m0/s1. The summed E-state index contributed by atoms with van der Waals surface area (Å²) in [7, 11) is 3.20. The van der Waals surface area contributed by atoms with Crippen molar-refractivity contribution in [3.8, 4) is 11.5 Å². The quantitative estimate of drug-likeness (QED) is 0.239. The predicted molar refractivity (Wildman–Crippen MR) is 120 cm³/mol. The molecule has 1 saturated heterocycles. The SMILES string of the molecule is COc1ccc(CCNc2nc(NC[C@@H]3O[C@H](CO)[C@@H](O)[C@@H]3O)nc3nc[nH]c23)cc1OC. The van der Waals surface area contributed by atoms with E-state index in [1.54, 1.807) is 14.2 Å². The van der Waals surface area contributed by atoms with Crippen LogP contribution < -0.4 is 20.1 Å². The van der Waals surface area contributed by atoms with Crippen LogP contribution in [0.2, 0.25) is 0 Å². The second-order valence-electron chi connectivity index (χ2n) is 7.62. The fourth-order valence-corrected chi connectivity index (χ4v) is 3.74. The molecule has 2 aromatic heterocycles. The summed E-state index contributed by atoms with van der Waals surface area (Å²) in [4.78, 5) is 16.1. The van der Waals surface area contributed by atoms with E-state index in [-0.39, 0.29) is 13.2 Å². The van der Waals surface area contributed by atoms with Crippen LogP contribution in [0.3, 0.4) is 0 Å². The molecule has 1 fully saturated rings. The Morgan fingerprint density at radius 1 is 1.06 bits per heavy atom. The van der Waals surface area contributed by atoms with Crippen LogP contribution in [0.4, 0.5) is 11.8 Å². The molecular weight excluding hydrogens is 432 g/mol. The minimum Gasteiger partial charge on any atom is -0.493 e. The summed E-state index contributed by atoms with van der Waals surface area (Å²) in [6.07, 6.45) is -1.55. The lowest BCUT2D eigenvalue weighted by Gasteiger charge is -2.16. The third-order valence-electron chi connectivity index (χ3n) is 5.54. The number of nitrogens with one attached hydrogen (secondary N) is 3. The molecule has 6 N–H and O–H groups in total. The number of fused-ring (bicyclic) bond motifs is 1. The molecular formula is C21H28N6O6. The number of nitrogens with zero attached hydrogens (tertiary/aromatic N) is 3. The number of H-pyrrole nitrogens is 1. The van der Waals surface area contributed by atoms with Crippen LogP contribution in [0.1, 0.15) is 5.56 Å². The van der Waals surface area contributed by atoms with Gasteiger partial charge >= 0.3 is 0 Å². The van der Waals surface area contributed by atoms with Gasteiger partial charge in [0.2, 0.25) is 5.95 Å². The molecule has 4 rings (SSSR count). The molecule has 3 aromatic rings. The molecule has 1 aliphatic heterocycles. The summed E-state index contributed by atoms with van der Waals surface area (Å²) in [6, 6.07) is 5.77. The van der Waals surface area contributed by atoms with Gasteiger partial charge in [-0.15, -0.1) is 0 Å². The number of imidazole rings is 1. The van der Waals surface area contributed by atoms with E-state index < -0.39 is 24.4 Å². The van der Waals surface area contributed by atoms with E-state index in [9.17, 15) is 15.3 Å². The van der Waals surface area contributed by atoms with Crippen molar-refractivity contribution in [2.75, 3.05) is 44.5 Å². The van der Waals surface area contributed by atoms with E-state index in [0.717, 1.165) is 5.56 Å². The molecule has 0 bridgehead atoms. The molecule has 12 heteroatoms. The topological polar surface area (TPSA) is 167 Å². The lowest BCUT2D eigenvalue weighted by molar-refractivity contribution is -0.0184. The van der Waals surface area contributed by atoms with Crippen molar-refractivity contribution in [2.24, 2.45) is 0 Å². The predicted octanol–water partition coefficient (Wildman–Crippen LogP) is -0.0819. The average molecular weight is 460 g/mol. The lowest BCUT2D eigenvalue weighted by Crippen LogP contribution is -2.36. The van der Waals surface area contributed by atoms with Crippen LogP contribution in [0, 0.1) is 0 Å². The second kappa shape index (κ2) is 10.2. The van der Waals surface area contributed by atoms with Gasteiger partial charge in [-0.3, -0.25) is 0 Å². The number of methoxy groups -OCH3 is 2. The first-order valence-corrected chi connectivity index (χ1v) is 10.6. The Labute approximate surface area is 190 Å². The number of benzene rings is 1. The molecule has 0 aliphatic carbocycles. The summed E-state index contributed by atoms with van der Waals surface area (Å²) >= 11 is 0. The van der Waals surface area contributed by atoms with Gasteiger partial charge in [-0.1, -0.05) is 6.07 Å². The van der Waals surface area contributed by atoms with E-state index in [0.29, 0.717) is 47.4 Å². The molecule has 1 aromatic carbocycles. The largest absolute Gasteiger partial charge is 0.493 e. The number of ether oxygens (including phenoxy) is 3. The smallest absolute Gasteiger partial charge is 0.226 e. The van der Waals surface area contributed by atoms with Crippen LogP contribution in [0.5, 0.6) is 11.5 Å². The first-order valence-electron chi connectivity index (χ1n) is 10.6. The average Bonchev–Trinajstić information content (AvgIpc) is 3.42. The molecule has 1 aliphatic rings. The number of rotatable bonds is 10. The number of aromatic amines is 1. The Bertz CT molecular complexity index is 1080. The van der Waals surface area contributed by atoms with Crippen molar-refractivity contribution in [3.05, 3.63) is 30.1 Å². The third-order valence-corrected chi connectivity index (χ3v) is 5.54. The first kappa shape index (κ1) is 23.0. The molecule has 178 valence electrons. The van der Waals surface area contributed by atoms with E-state index in [1.165, 1.54) is 6.33 Å². The van der Waals surface area contributed by atoms with E-state index in [2.05, 4.69) is 30.6 Å². The normalized spacial score (nSPS) is 22.5. The molecule has 33 heavy (non-hydrogen) atoms. The third kappa shape index (κ3) is 4.93. The maximum atomic E-state index is 10.1. The van der Waals surface area contributed by atoms with Gasteiger partial charge in [-0.05, 0) is 24.1 Å². The zero-order valence-corrected chi connectivity index (χ0v) is 18.4. The minimum absolute atomic E-state index is 0.149. The van der Waals surface area contributed by atoms with Gasteiger partial charge in [0.25, 0.3) is 0 Å². The van der Waals surface area contributed by atoms with Crippen LogP contribution in [0.15, 0.2) is 24.5 Å². The summed E-state index contributed by atoms with van der Waals surface area (Å²) in [6.45, 7) is 0.364. The Kier molecular flexibility index (Phi) is 7.08. The summed E-state index contributed by atoms with van der Waals surface area (Å²) < 4.78 is 16.1. The highest BCUT2D eigenvalue weighted by molar-refractivity contribution is 5.83. The van der Waals surface area contributed by atoms with Crippen LogP contribution in [-0.2, 0) is 11.2 Å². The van der Waals surface area contributed by atoms with Gasteiger partial charge in [0.1, 0.15) is 29.9 Å². The molecule has 0 saturated carbocycles. The summed E-state index contributed by atoms with van der Waals surface area (Å²) in [5.74, 6) is 2.21. The molecule has 12 nitrogen and oxygen atoms in total. The van der Waals surface area contributed by atoms with Crippen LogP contribution >= 0.6 is 0 Å². The Balaban J connectivity index is 1.41. The van der Waals surface area contributed by atoms with Crippen molar-refractivity contribution < 1.29 is 29.5 Å². The summed E-state index contributed by atoms with van der Waals surface area (Å²) in [5.41, 5.74) is 2.21. The first-order chi connectivity index (χ1) is 16.0. The molecule has 0 radical (unpaired) electrons. The number of hydrogen-bond donors (Lipinski definition) is 6. The monoisotopic (exact) mass is 460 g/mol.